The van der Waals surface area contributed by atoms with Crippen molar-refractivity contribution in [2.45, 2.75) is 25.3 Å². The molecule has 0 radical (unpaired) electrons. The number of hydrogen-bond donors (Lipinski definition) is 2. The fourth-order valence-corrected chi connectivity index (χ4v) is 5.66. The van der Waals surface area contributed by atoms with Crippen LogP contribution in [0.3, 0.4) is 0 Å². The molecule has 2 amide bonds. The normalized spacial score (nSPS) is 24.6. The van der Waals surface area contributed by atoms with E-state index < -0.39 is 15.8 Å². The summed E-state index contributed by atoms with van der Waals surface area (Å²) in [5.74, 6) is -0.500. The number of H-pyrrole nitrogens is 1. The third-order valence-electron chi connectivity index (χ3n) is 5.49. The molecular formula is C19H23N3O4S. The summed E-state index contributed by atoms with van der Waals surface area (Å²) < 4.78 is 23.0. The Morgan fingerprint density at radius 2 is 2.11 bits per heavy atom. The zero-order valence-corrected chi connectivity index (χ0v) is 15.8. The highest BCUT2D eigenvalue weighted by atomic mass is 32.2. The first kappa shape index (κ1) is 18.0. The van der Waals surface area contributed by atoms with Gasteiger partial charge in [-0.25, -0.2) is 8.42 Å². The summed E-state index contributed by atoms with van der Waals surface area (Å²) in [5.41, 5.74) is 2.23. The lowest BCUT2D eigenvalue weighted by molar-refractivity contribution is -0.129. The molecule has 8 heteroatoms. The summed E-state index contributed by atoms with van der Waals surface area (Å²) in [7, 11) is -3.03. The van der Waals surface area contributed by atoms with Crippen LogP contribution in [0.15, 0.2) is 30.5 Å². The van der Waals surface area contributed by atoms with E-state index in [2.05, 4.69) is 16.4 Å². The van der Waals surface area contributed by atoms with Crippen LogP contribution in [0.4, 0.5) is 0 Å². The van der Waals surface area contributed by atoms with E-state index in [1.807, 2.05) is 24.4 Å². The highest BCUT2D eigenvalue weighted by Gasteiger charge is 2.36. The number of fused-ring (bicyclic) bond motifs is 1. The van der Waals surface area contributed by atoms with Gasteiger partial charge in [-0.15, -0.1) is 0 Å². The van der Waals surface area contributed by atoms with Crippen LogP contribution in [-0.2, 0) is 25.8 Å². The van der Waals surface area contributed by atoms with Crippen LogP contribution >= 0.6 is 0 Å². The minimum absolute atomic E-state index is 0.00366. The van der Waals surface area contributed by atoms with Crippen LogP contribution in [0.5, 0.6) is 0 Å². The average molecular weight is 389 g/mol. The molecule has 2 fully saturated rings. The number of likely N-dealkylation sites (tertiary alicyclic amines) is 1. The molecular weight excluding hydrogens is 366 g/mol. The quantitative estimate of drug-likeness (QED) is 0.792. The average Bonchev–Trinajstić information content (AvgIpc) is 3.30. The van der Waals surface area contributed by atoms with Crippen LogP contribution < -0.4 is 5.32 Å². The molecule has 2 unspecified atom stereocenters. The van der Waals surface area contributed by atoms with Crippen molar-refractivity contribution < 1.29 is 18.0 Å². The minimum Gasteiger partial charge on any atom is -0.361 e. The largest absolute Gasteiger partial charge is 0.361 e. The number of amides is 2. The van der Waals surface area contributed by atoms with Crippen molar-refractivity contribution in [3.63, 3.8) is 0 Å². The maximum absolute atomic E-state index is 12.4. The minimum atomic E-state index is -3.03. The second-order valence-corrected chi connectivity index (χ2v) is 9.69. The number of rotatable bonds is 5. The monoisotopic (exact) mass is 389 g/mol. The molecule has 0 saturated carbocycles. The Hall–Kier alpha value is -2.35. The summed E-state index contributed by atoms with van der Waals surface area (Å²) >= 11 is 0. The molecule has 1 aromatic heterocycles. The van der Waals surface area contributed by atoms with Crippen molar-refractivity contribution >= 4 is 32.6 Å². The van der Waals surface area contributed by atoms with Gasteiger partial charge in [0.15, 0.2) is 9.84 Å². The van der Waals surface area contributed by atoms with E-state index in [4.69, 9.17) is 0 Å². The van der Waals surface area contributed by atoms with E-state index in [-0.39, 0.29) is 35.8 Å². The van der Waals surface area contributed by atoms with Gasteiger partial charge in [-0.05, 0) is 24.5 Å². The van der Waals surface area contributed by atoms with E-state index in [9.17, 15) is 18.0 Å². The SMILES string of the molecule is O=C(NC1CCS(=O)(=O)C1)C1CC(=O)N(CCc2c[nH]c3ccccc23)C1. The van der Waals surface area contributed by atoms with Crippen LogP contribution in [0.2, 0.25) is 0 Å². The number of hydrogen-bond acceptors (Lipinski definition) is 4. The molecule has 0 bridgehead atoms. The topological polar surface area (TPSA) is 99.3 Å². The van der Waals surface area contributed by atoms with Crippen molar-refractivity contribution in [1.29, 1.82) is 0 Å². The molecule has 27 heavy (non-hydrogen) atoms. The molecule has 0 spiro atoms. The van der Waals surface area contributed by atoms with Gasteiger partial charge in [0, 0.05) is 42.7 Å². The molecule has 0 aliphatic carbocycles. The number of aromatic amines is 1. The fourth-order valence-electron chi connectivity index (χ4n) is 3.99. The highest BCUT2D eigenvalue weighted by Crippen LogP contribution is 2.22. The third kappa shape index (κ3) is 3.85. The van der Waals surface area contributed by atoms with E-state index in [1.165, 1.54) is 0 Å². The highest BCUT2D eigenvalue weighted by molar-refractivity contribution is 7.91. The number of benzene rings is 1. The van der Waals surface area contributed by atoms with Gasteiger partial charge < -0.3 is 15.2 Å². The number of nitrogens with zero attached hydrogens (tertiary/aromatic N) is 1. The molecule has 2 aliphatic rings. The summed E-state index contributed by atoms with van der Waals surface area (Å²) in [5, 5.41) is 3.96. The van der Waals surface area contributed by atoms with Gasteiger partial charge in [-0.2, -0.15) is 0 Å². The molecule has 2 atom stereocenters. The molecule has 2 aliphatic heterocycles. The lowest BCUT2D eigenvalue weighted by Gasteiger charge is -2.17. The standard InChI is InChI=1S/C19H23N3O4S/c23-18-9-14(19(24)21-15-6-8-27(25,26)12-15)11-22(18)7-5-13-10-20-17-4-2-1-3-16(13)17/h1-4,10,14-15,20H,5-9,11-12H2,(H,21,24). The van der Waals surface area contributed by atoms with Gasteiger partial charge in [-0.3, -0.25) is 9.59 Å². The Kier molecular flexibility index (Phi) is 4.67. The number of para-hydroxylation sites is 1. The van der Waals surface area contributed by atoms with E-state index in [0.29, 0.717) is 19.5 Å². The van der Waals surface area contributed by atoms with Crippen molar-refractivity contribution in [2.75, 3.05) is 24.6 Å². The van der Waals surface area contributed by atoms with Crippen LogP contribution in [0.25, 0.3) is 10.9 Å². The van der Waals surface area contributed by atoms with Crippen molar-refractivity contribution in [2.24, 2.45) is 5.92 Å². The molecule has 3 heterocycles. The van der Waals surface area contributed by atoms with E-state index in [0.717, 1.165) is 22.9 Å². The van der Waals surface area contributed by atoms with E-state index in [1.54, 1.807) is 4.90 Å². The summed E-state index contributed by atoms with van der Waals surface area (Å²) in [6, 6.07) is 7.72. The van der Waals surface area contributed by atoms with Gasteiger partial charge in [0.05, 0.1) is 17.4 Å². The predicted octanol–water partition coefficient (Wildman–Crippen LogP) is 0.862. The van der Waals surface area contributed by atoms with Crippen LogP contribution in [-0.4, -0.2) is 60.8 Å². The van der Waals surface area contributed by atoms with Crippen molar-refractivity contribution in [3.05, 3.63) is 36.0 Å². The van der Waals surface area contributed by atoms with Gasteiger partial charge >= 0.3 is 0 Å². The smallest absolute Gasteiger partial charge is 0.225 e. The first-order chi connectivity index (χ1) is 12.9. The molecule has 7 nitrogen and oxygen atoms in total. The Morgan fingerprint density at radius 1 is 1.30 bits per heavy atom. The first-order valence-corrected chi connectivity index (χ1v) is 11.1. The zero-order chi connectivity index (χ0) is 19.0. The van der Waals surface area contributed by atoms with Crippen LogP contribution in [0, 0.1) is 5.92 Å². The number of aromatic nitrogens is 1. The maximum atomic E-state index is 12.4. The molecule has 144 valence electrons. The summed E-state index contributed by atoms with van der Waals surface area (Å²) in [6.45, 7) is 0.967. The molecule has 1 aromatic carbocycles. The van der Waals surface area contributed by atoms with Gasteiger partial charge in [0.1, 0.15) is 0 Å². The van der Waals surface area contributed by atoms with Gasteiger partial charge in [0.25, 0.3) is 0 Å². The van der Waals surface area contributed by atoms with Gasteiger partial charge in [0.2, 0.25) is 11.8 Å². The molecule has 2 N–H and O–H groups in total. The van der Waals surface area contributed by atoms with E-state index >= 15 is 0 Å². The maximum Gasteiger partial charge on any atom is 0.225 e. The number of carbonyl (C=O) groups excluding carboxylic acids is 2. The predicted molar refractivity (Wildman–Crippen MR) is 102 cm³/mol. The zero-order valence-electron chi connectivity index (χ0n) is 15.0. The number of sulfone groups is 1. The molecule has 4 rings (SSSR count). The fraction of sp³-hybridized carbons (Fsp3) is 0.474. The summed E-state index contributed by atoms with van der Waals surface area (Å²) in [4.78, 5) is 29.7. The second kappa shape index (κ2) is 6.99. The van der Waals surface area contributed by atoms with Crippen LogP contribution in [0.1, 0.15) is 18.4 Å². The Bertz CT molecular complexity index is 982. The molecule has 2 saturated heterocycles. The number of carbonyl (C=O) groups is 2. The first-order valence-electron chi connectivity index (χ1n) is 9.25. The Labute approximate surface area is 158 Å². The van der Waals surface area contributed by atoms with Crippen molar-refractivity contribution in [1.82, 2.24) is 15.2 Å². The molecule has 2 aromatic rings. The van der Waals surface area contributed by atoms with Gasteiger partial charge in [-0.1, -0.05) is 18.2 Å². The lowest BCUT2D eigenvalue weighted by Crippen LogP contribution is -2.40. The Balaban J connectivity index is 1.33. The third-order valence-corrected chi connectivity index (χ3v) is 7.26. The Morgan fingerprint density at radius 3 is 2.89 bits per heavy atom. The second-order valence-electron chi connectivity index (χ2n) is 7.46. The lowest BCUT2D eigenvalue weighted by atomic mass is 10.1. The van der Waals surface area contributed by atoms with Crippen molar-refractivity contribution in [3.8, 4) is 0 Å². The summed E-state index contributed by atoms with van der Waals surface area (Å²) in [6.07, 6.45) is 3.35. The number of nitrogens with one attached hydrogen (secondary N) is 2.